The van der Waals surface area contributed by atoms with Crippen LogP contribution >= 0.6 is 15.9 Å². The lowest BCUT2D eigenvalue weighted by molar-refractivity contribution is 0.0708. The second kappa shape index (κ2) is 10.1. The zero-order valence-corrected chi connectivity index (χ0v) is 20.3. The first-order valence-corrected chi connectivity index (χ1v) is 12.0. The highest BCUT2D eigenvalue weighted by Crippen LogP contribution is 2.36. The Kier molecular flexibility index (Phi) is 6.55. The second-order valence-corrected chi connectivity index (χ2v) is 9.00. The van der Waals surface area contributed by atoms with Crippen molar-refractivity contribution in [3.8, 4) is 5.75 Å². The van der Waals surface area contributed by atoms with E-state index in [0.29, 0.717) is 34.6 Å². The molecule has 0 radical (unpaired) electrons. The Morgan fingerprint density at radius 3 is 2.06 bits per heavy atom. The van der Waals surface area contributed by atoms with E-state index in [9.17, 15) is 9.59 Å². The minimum absolute atomic E-state index is 0.188. The fraction of sp³-hybridized carbons (Fsp3) is 0.0690. The van der Waals surface area contributed by atoms with Crippen LogP contribution in [0.25, 0.3) is 0 Å². The van der Waals surface area contributed by atoms with E-state index in [0.717, 1.165) is 10.0 Å². The van der Waals surface area contributed by atoms with Crippen molar-refractivity contribution in [3.05, 3.63) is 136 Å². The number of hydrogen-bond donors (Lipinski definition) is 0. The van der Waals surface area contributed by atoms with Crippen LogP contribution in [0.2, 0.25) is 0 Å². The molecule has 0 N–H and O–H groups in total. The maximum Gasteiger partial charge on any atom is 0.343 e. The number of amides is 1. The molecule has 172 valence electrons. The standard InChI is InChI=1S/C29H21BrN2O3/c30-23-17-15-20(16-18-23)26-19-25(31-32(26)28(33)21-9-3-1-4-10-21)24-13-7-8-14-27(24)35-29(34)22-11-5-2-6-12-22/h1-18,26H,19H2/t26-/m1/s1. The van der Waals surface area contributed by atoms with Crippen molar-refractivity contribution in [2.45, 2.75) is 12.5 Å². The lowest BCUT2D eigenvalue weighted by Crippen LogP contribution is -2.27. The summed E-state index contributed by atoms with van der Waals surface area (Å²) < 4.78 is 6.71. The van der Waals surface area contributed by atoms with Crippen molar-refractivity contribution in [3.63, 3.8) is 0 Å². The molecule has 1 atom stereocenters. The van der Waals surface area contributed by atoms with Gasteiger partial charge in [-0.1, -0.05) is 76.6 Å². The number of nitrogens with zero attached hydrogens (tertiary/aromatic N) is 2. The summed E-state index contributed by atoms with van der Waals surface area (Å²) in [4.78, 5) is 26.2. The van der Waals surface area contributed by atoms with Crippen LogP contribution in [0.4, 0.5) is 0 Å². The molecule has 4 aromatic carbocycles. The van der Waals surface area contributed by atoms with Gasteiger partial charge in [0.2, 0.25) is 0 Å². The molecule has 5 rings (SSSR count). The van der Waals surface area contributed by atoms with E-state index in [1.165, 1.54) is 5.01 Å². The van der Waals surface area contributed by atoms with Crippen molar-refractivity contribution >= 4 is 33.5 Å². The highest BCUT2D eigenvalue weighted by molar-refractivity contribution is 9.10. The number of halogens is 1. The summed E-state index contributed by atoms with van der Waals surface area (Å²) in [5, 5.41) is 6.28. The first kappa shape index (κ1) is 22.7. The molecule has 5 nitrogen and oxygen atoms in total. The largest absolute Gasteiger partial charge is 0.422 e. The predicted octanol–water partition coefficient (Wildman–Crippen LogP) is 6.66. The second-order valence-electron chi connectivity index (χ2n) is 8.09. The van der Waals surface area contributed by atoms with Crippen LogP contribution in [0.15, 0.2) is 119 Å². The van der Waals surface area contributed by atoms with Crippen LogP contribution in [-0.4, -0.2) is 22.6 Å². The van der Waals surface area contributed by atoms with Crippen LogP contribution in [-0.2, 0) is 0 Å². The van der Waals surface area contributed by atoms with E-state index < -0.39 is 5.97 Å². The summed E-state index contributed by atoms with van der Waals surface area (Å²) in [6, 6.07) is 32.8. The van der Waals surface area contributed by atoms with Gasteiger partial charge < -0.3 is 4.74 Å². The minimum Gasteiger partial charge on any atom is -0.422 e. The van der Waals surface area contributed by atoms with Gasteiger partial charge in [0.05, 0.1) is 17.3 Å². The molecule has 0 aliphatic carbocycles. The van der Waals surface area contributed by atoms with Crippen LogP contribution < -0.4 is 4.74 Å². The van der Waals surface area contributed by atoms with Gasteiger partial charge in [-0.3, -0.25) is 4.79 Å². The zero-order valence-electron chi connectivity index (χ0n) is 18.7. The van der Waals surface area contributed by atoms with Gasteiger partial charge in [0.15, 0.2) is 0 Å². The van der Waals surface area contributed by atoms with Gasteiger partial charge in [0.25, 0.3) is 5.91 Å². The zero-order chi connectivity index (χ0) is 24.2. The normalized spacial score (nSPS) is 14.9. The van der Waals surface area contributed by atoms with Crippen molar-refractivity contribution in [1.82, 2.24) is 5.01 Å². The number of carbonyl (C=O) groups is 2. The van der Waals surface area contributed by atoms with Gasteiger partial charge in [0, 0.05) is 22.0 Å². The molecular weight excluding hydrogens is 504 g/mol. The van der Waals surface area contributed by atoms with Gasteiger partial charge in [-0.25, -0.2) is 9.80 Å². The maximum absolute atomic E-state index is 13.4. The highest BCUT2D eigenvalue weighted by atomic mass is 79.9. The molecular formula is C29H21BrN2O3. The number of carbonyl (C=O) groups excluding carboxylic acids is 2. The Labute approximate surface area is 211 Å². The van der Waals surface area contributed by atoms with Crippen molar-refractivity contribution < 1.29 is 14.3 Å². The van der Waals surface area contributed by atoms with Gasteiger partial charge in [-0.15, -0.1) is 0 Å². The van der Waals surface area contributed by atoms with Crippen molar-refractivity contribution in [2.24, 2.45) is 5.10 Å². The molecule has 0 unspecified atom stereocenters. The third kappa shape index (κ3) is 4.93. The molecule has 1 amide bonds. The summed E-state index contributed by atoms with van der Waals surface area (Å²) in [6.07, 6.45) is 0.486. The van der Waals surface area contributed by atoms with E-state index in [1.807, 2.05) is 66.7 Å². The van der Waals surface area contributed by atoms with Crippen LogP contribution in [0.5, 0.6) is 5.75 Å². The van der Waals surface area contributed by atoms with Gasteiger partial charge in [-0.2, -0.15) is 5.10 Å². The van der Waals surface area contributed by atoms with E-state index in [1.54, 1.807) is 42.5 Å². The van der Waals surface area contributed by atoms with Crippen molar-refractivity contribution in [2.75, 3.05) is 0 Å². The highest BCUT2D eigenvalue weighted by Gasteiger charge is 2.34. The Hall–Kier alpha value is -4.03. The molecule has 0 fully saturated rings. The van der Waals surface area contributed by atoms with E-state index >= 15 is 0 Å². The monoisotopic (exact) mass is 524 g/mol. The summed E-state index contributed by atoms with van der Waals surface area (Å²) >= 11 is 3.48. The van der Waals surface area contributed by atoms with E-state index in [2.05, 4.69) is 15.9 Å². The van der Waals surface area contributed by atoms with Gasteiger partial charge in [-0.05, 0) is 54.1 Å². The number of hydrogen-bond acceptors (Lipinski definition) is 4. The average molecular weight is 525 g/mol. The Morgan fingerprint density at radius 1 is 0.771 bits per heavy atom. The topological polar surface area (TPSA) is 59.0 Å². The number of para-hydroxylation sites is 1. The third-order valence-corrected chi connectivity index (χ3v) is 6.33. The van der Waals surface area contributed by atoms with E-state index in [4.69, 9.17) is 9.84 Å². The predicted molar refractivity (Wildman–Crippen MR) is 138 cm³/mol. The first-order chi connectivity index (χ1) is 17.1. The fourth-order valence-corrected chi connectivity index (χ4v) is 4.31. The molecule has 1 aliphatic heterocycles. The minimum atomic E-state index is -0.446. The smallest absolute Gasteiger partial charge is 0.343 e. The SMILES string of the molecule is O=C(Oc1ccccc1C1=NN(C(=O)c2ccccc2)[C@@H](c2ccc(Br)cc2)C1)c1ccccc1. The lowest BCUT2D eigenvalue weighted by Gasteiger charge is -2.22. The number of ether oxygens (including phenoxy) is 1. The van der Waals surface area contributed by atoms with Crippen LogP contribution in [0.1, 0.15) is 44.3 Å². The van der Waals surface area contributed by atoms with Crippen molar-refractivity contribution in [1.29, 1.82) is 0 Å². The first-order valence-electron chi connectivity index (χ1n) is 11.2. The Balaban J connectivity index is 1.50. The number of benzene rings is 4. The van der Waals surface area contributed by atoms with Crippen LogP contribution in [0.3, 0.4) is 0 Å². The Bertz CT molecular complexity index is 1390. The number of hydrazone groups is 1. The quantitative estimate of drug-likeness (QED) is 0.216. The van der Waals surface area contributed by atoms with Gasteiger partial charge >= 0.3 is 5.97 Å². The fourth-order valence-electron chi connectivity index (χ4n) is 4.05. The molecule has 1 aliphatic rings. The van der Waals surface area contributed by atoms with E-state index in [-0.39, 0.29) is 11.9 Å². The molecule has 0 spiro atoms. The van der Waals surface area contributed by atoms with Gasteiger partial charge in [0.1, 0.15) is 5.75 Å². The molecule has 6 heteroatoms. The molecule has 1 heterocycles. The summed E-state index contributed by atoms with van der Waals surface area (Å²) in [7, 11) is 0. The molecule has 0 aromatic heterocycles. The summed E-state index contributed by atoms with van der Waals surface area (Å²) in [6.45, 7) is 0. The average Bonchev–Trinajstić information content (AvgIpc) is 3.35. The molecule has 35 heavy (non-hydrogen) atoms. The number of esters is 1. The third-order valence-electron chi connectivity index (χ3n) is 5.80. The molecule has 0 saturated heterocycles. The molecule has 4 aromatic rings. The lowest BCUT2D eigenvalue weighted by atomic mass is 9.97. The summed E-state index contributed by atoms with van der Waals surface area (Å²) in [5.74, 6) is -0.228. The number of rotatable bonds is 5. The van der Waals surface area contributed by atoms with Crippen LogP contribution in [0, 0.1) is 0 Å². The molecule has 0 bridgehead atoms. The molecule has 0 saturated carbocycles. The maximum atomic E-state index is 13.4. The summed E-state index contributed by atoms with van der Waals surface area (Å²) in [5.41, 5.74) is 3.35. The Morgan fingerprint density at radius 2 is 1.37 bits per heavy atom.